The monoisotopic (exact) mass is 369 g/mol. The number of nitrogens with zero attached hydrogens (tertiary/aromatic N) is 1. The standard InChI is InChI=1S/C16H20BrNO4/c1-3-5-22-15-13(17)6-11(7-14(15)21-4-2)8-18-9-12(10-18)16(19)20/h3,6-7,12H,1,4-5,8-10H2,2H3,(H,19,20). The van der Waals surface area contributed by atoms with Crippen molar-refractivity contribution in [2.75, 3.05) is 26.3 Å². The fourth-order valence-electron chi connectivity index (χ4n) is 2.37. The molecular weight excluding hydrogens is 350 g/mol. The van der Waals surface area contributed by atoms with E-state index in [0.29, 0.717) is 44.3 Å². The van der Waals surface area contributed by atoms with Crippen LogP contribution in [0.25, 0.3) is 0 Å². The van der Waals surface area contributed by atoms with E-state index in [9.17, 15) is 4.79 Å². The molecule has 6 heteroatoms. The fraction of sp³-hybridized carbons (Fsp3) is 0.438. The third-order valence-electron chi connectivity index (χ3n) is 3.43. The molecule has 1 aliphatic rings. The molecule has 0 aromatic heterocycles. The minimum absolute atomic E-state index is 0.245. The van der Waals surface area contributed by atoms with Gasteiger partial charge in [-0.3, -0.25) is 9.69 Å². The molecule has 1 aromatic carbocycles. The Bertz CT molecular complexity index is 555. The lowest BCUT2D eigenvalue weighted by molar-refractivity contribution is -0.147. The van der Waals surface area contributed by atoms with Gasteiger partial charge < -0.3 is 14.6 Å². The Morgan fingerprint density at radius 1 is 1.50 bits per heavy atom. The third-order valence-corrected chi connectivity index (χ3v) is 4.02. The Hall–Kier alpha value is -1.53. The Kier molecular flexibility index (Phi) is 5.85. The highest BCUT2D eigenvalue weighted by atomic mass is 79.9. The first-order valence-electron chi connectivity index (χ1n) is 7.19. The second kappa shape index (κ2) is 7.65. The molecule has 2 rings (SSSR count). The van der Waals surface area contributed by atoms with Crippen molar-refractivity contribution in [1.29, 1.82) is 0 Å². The second-order valence-corrected chi connectivity index (χ2v) is 6.02. The summed E-state index contributed by atoms with van der Waals surface area (Å²) in [4.78, 5) is 12.9. The molecule has 0 aliphatic carbocycles. The van der Waals surface area contributed by atoms with Crippen molar-refractivity contribution >= 4 is 21.9 Å². The Morgan fingerprint density at radius 3 is 2.82 bits per heavy atom. The van der Waals surface area contributed by atoms with Crippen LogP contribution in [0.5, 0.6) is 11.5 Å². The minimum atomic E-state index is -0.722. The first-order chi connectivity index (χ1) is 10.5. The van der Waals surface area contributed by atoms with Crippen LogP contribution in [-0.2, 0) is 11.3 Å². The van der Waals surface area contributed by atoms with E-state index in [1.54, 1.807) is 6.08 Å². The number of aliphatic carboxylic acids is 1. The van der Waals surface area contributed by atoms with Crippen molar-refractivity contribution in [2.45, 2.75) is 13.5 Å². The van der Waals surface area contributed by atoms with Crippen LogP contribution in [0.1, 0.15) is 12.5 Å². The SMILES string of the molecule is C=CCOc1c(Br)cc(CN2CC(C(=O)O)C2)cc1OCC. The lowest BCUT2D eigenvalue weighted by atomic mass is 9.99. The zero-order valence-corrected chi connectivity index (χ0v) is 14.1. The normalized spacial score (nSPS) is 15.2. The van der Waals surface area contributed by atoms with Crippen LogP contribution >= 0.6 is 15.9 Å². The Morgan fingerprint density at radius 2 is 2.23 bits per heavy atom. The van der Waals surface area contributed by atoms with E-state index in [0.717, 1.165) is 10.0 Å². The zero-order valence-electron chi connectivity index (χ0n) is 12.5. The molecule has 0 radical (unpaired) electrons. The molecular formula is C16H20BrNO4. The highest BCUT2D eigenvalue weighted by Gasteiger charge is 2.32. The summed E-state index contributed by atoms with van der Waals surface area (Å²) in [5.41, 5.74) is 1.06. The summed E-state index contributed by atoms with van der Waals surface area (Å²) in [7, 11) is 0. The zero-order chi connectivity index (χ0) is 16.1. The number of halogens is 1. The molecule has 0 saturated carbocycles. The maximum absolute atomic E-state index is 10.8. The molecule has 1 N–H and O–H groups in total. The number of hydrogen-bond acceptors (Lipinski definition) is 4. The molecule has 0 unspecified atom stereocenters. The number of ether oxygens (including phenoxy) is 2. The van der Waals surface area contributed by atoms with Crippen molar-refractivity contribution in [3.05, 3.63) is 34.8 Å². The molecule has 1 heterocycles. The lowest BCUT2D eigenvalue weighted by Gasteiger charge is -2.36. The van der Waals surface area contributed by atoms with E-state index in [4.69, 9.17) is 14.6 Å². The first-order valence-corrected chi connectivity index (χ1v) is 7.98. The summed E-state index contributed by atoms with van der Waals surface area (Å²) in [6.07, 6.45) is 1.68. The van der Waals surface area contributed by atoms with Crippen LogP contribution in [0.2, 0.25) is 0 Å². The molecule has 5 nitrogen and oxygen atoms in total. The number of hydrogen-bond donors (Lipinski definition) is 1. The van der Waals surface area contributed by atoms with Crippen LogP contribution in [0, 0.1) is 5.92 Å². The van der Waals surface area contributed by atoms with E-state index >= 15 is 0 Å². The smallest absolute Gasteiger partial charge is 0.309 e. The average Bonchev–Trinajstić information content (AvgIpc) is 2.41. The van der Waals surface area contributed by atoms with Crippen LogP contribution in [-0.4, -0.2) is 42.3 Å². The van der Waals surface area contributed by atoms with Gasteiger partial charge in [-0.2, -0.15) is 0 Å². The van der Waals surface area contributed by atoms with Gasteiger partial charge in [0.1, 0.15) is 6.61 Å². The fourth-order valence-corrected chi connectivity index (χ4v) is 2.98. The first kappa shape index (κ1) is 16.8. The van der Waals surface area contributed by atoms with Gasteiger partial charge in [-0.1, -0.05) is 12.7 Å². The van der Waals surface area contributed by atoms with E-state index in [2.05, 4.69) is 27.4 Å². The van der Waals surface area contributed by atoms with Crippen LogP contribution in [0.3, 0.4) is 0 Å². The van der Waals surface area contributed by atoms with Gasteiger partial charge in [0.25, 0.3) is 0 Å². The predicted molar refractivity (Wildman–Crippen MR) is 87.4 cm³/mol. The molecule has 22 heavy (non-hydrogen) atoms. The Labute approximate surface area is 138 Å². The number of carbonyl (C=O) groups is 1. The van der Waals surface area contributed by atoms with E-state index in [-0.39, 0.29) is 5.92 Å². The second-order valence-electron chi connectivity index (χ2n) is 5.17. The molecule has 1 fully saturated rings. The van der Waals surface area contributed by atoms with E-state index in [1.807, 2.05) is 19.1 Å². The van der Waals surface area contributed by atoms with Crippen molar-refractivity contribution < 1.29 is 19.4 Å². The van der Waals surface area contributed by atoms with Crippen molar-refractivity contribution in [3.8, 4) is 11.5 Å². The topological polar surface area (TPSA) is 59.0 Å². The molecule has 1 saturated heterocycles. The molecule has 0 bridgehead atoms. The number of rotatable bonds is 8. The van der Waals surface area contributed by atoms with Crippen molar-refractivity contribution in [3.63, 3.8) is 0 Å². The number of carboxylic acid groups (broad SMARTS) is 1. The maximum atomic E-state index is 10.8. The summed E-state index contributed by atoms with van der Waals surface area (Å²) in [5, 5.41) is 8.92. The summed E-state index contributed by atoms with van der Waals surface area (Å²) in [6, 6.07) is 3.93. The van der Waals surface area contributed by atoms with Crippen molar-refractivity contribution in [2.24, 2.45) is 5.92 Å². The average molecular weight is 370 g/mol. The number of benzene rings is 1. The Balaban J connectivity index is 2.09. The maximum Gasteiger partial charge on any atom is 0.309 e. The minimum Gasteiger partial charge on any atom is -0.490 e. The highest BCUT2D eigenvalue weighted by Crippen LogP contribution is 2.37. The number of likely N-dealkylation sites (tertiary alicyclic amines) is 1. The third kappa shape index (κ3) is 4.01. The summed E-state index contributed by atoms with van der Waals surface area (Å²) >= 11 is 3.51. The van der Waals surface area contributed by atoms with Gasteiger partial charge >= 0.3 is 5.97 Å². The molecule has 0 amide bonds. The quantitative estimate of drug-likeness (QED) is 0.713. The van der Waals surface area contributed by atoms with Gasteiger partial charge in [0, 0.05) is 19.6 Å². The molecule has 0 spiro atoms. The van der Waals surface area contributed by atoms with Crippen molar-refractivity contribution in [1.82, 2.24) is 4.90 Å². The summed E-state index contributed by atoms with van der Waals surface area (Å²) in [6.45, 7) is 8.39. The largest absolute Gasteiger partial charge is 0.490 e. The molecule has 120 valence electrons. The van der Waals surface area contributed by atoms with Gasteiger partial charge in [0.2, 0.25) is 0 Å². The lowest BCUT2D eigenvalue weighted by Crippen LogP contribution is -2.49. The van der Waals surface area contributed by atoms with Gasteiger partial charge in [-0.25, -0.2) is 0 Å². The van der Waals surface area contributed by atoms with Gasteiger partial charge in [0.15, 0.2) is 11.5 Å². The molecule has 1 aliphatic heterocycles. The summed E-state index contributed by atoms with van der Waals surface area (Å²) < 4.78 is 12.1. The molecule has 0 atom stereocenters. The van der Waals surface area contributed by atoms with Crippen LogP contribution in [0.15, 0.2) is 29.3 Å². The van der Waals surface area contributed by atoms with Gasteiger partial charge in [-0.15, -0.1) is 0 Å². The van der Waals surface area contributed by atoms with Gasteiger partial charge in [-0.05, 0) is 40.5 Å². The highest BCUT2D eigenvalue weighted by molar-refractivity contribution is 9.10. The van der Waals surface area contributed by atoms with Crippen LogP contribution < -0.4 is 9.47 Å². The number of carboxylic acids is 1. The van der Waals surface area contributed by atoms with Crippen LogP contribution in [0.4, 0.5) is 0 Å². The summed E-state index contributed by atoms with van der Waals surface area (Å²) in [5.74, 6) is 0.382. The van der Waals surface area contributed by atoms with Gasteiger partial charge in [0.05, 0.1) is 17.0 Å². The van der Waals surface area contributed by atoms with E-state index < -0.39 is 5.97 Å². The molecule has 1 aromatic rings. The predicted octanol–water partition coefficient (Wildman–Crippen LogP) is 2.93. The van der Waals surface area contributed by atoms with E-state index in [1.165, 1.54) is 0 Å².